The third-order valence-corrected chi connectivity index (χ3v) is 2.34. The van der Waals surface area contributed by atoms with Gasteiger partial charge in [0.2, 0.25) is 5.91 Å². The number of nitrogens with two attached hydrogens (primary N) is 2. The lowest BCUT2D eigenvalue weighted by Crippen LogP contribution is -2.34. The van der Waals surface area contributed by atoms with Crippen molar-refractivity contribution in [1.29, 1.82) is 0 Å². The Kier molecular flexibility index (Phi) is 12.2. The van der Waals surface area contributed by atoms with Crippen LogP contribution in [0.15, 0.2) is 0 Å². The highest BCUT2D eigenvalue weighted by molar-refractivity contribution is 7.80. The maximum atomic E-state index is 10.9. The van der Waals surface area contributed by atoms with Gasteiger partial charge in [-0.05, 0) is 6.42 Å². The van der Waals surface area contributed by atoms with E-state index >= 15 is 0 Å². The number of hydrogen-bond donors (Lipinski definition) is 7. The van der Waals surface area contributed by atoms with E-state index in [1.165, 1.54) is 0 Å². The summed E-state index contributed by atoms with van der Waals surface area (Å²) in [4.78, 5) is 40.9. The highest BCUT2D eigenvalue weighted by Gasteiger charge is 2.13. The molecule has 0 aromatic heterocycles. The molecular formula is C10H19N3O7S. The first-order valence-corrected chi connectivity index (χ1v) is 6.31. The molecule has 0 aliphatic heterocycles. The van der Waals surface area contributed by atoms with E-state index in [1.54, 1.807) is 0 Å². The van der Waals surface area contributed by atoms with Crippen molar-refractivity contribution in [3.63, 3.8) is 0 Å². The number of amides is 1. The van der Waals surface area contributed by atoms with E-state index in [2.05, 4.69) is 17.9 Å². The van der Waals surface area contributed by atoms with Gasteiger partial charge in [0.1, 0.15) is 18.6 Å². The molecule has 0 aromatic rings. The lowest BCUT2D eigenvalue weighted by Gasteiger charge is -2.05. The van der Waals surface area contributed by atoms with Crippen LogP contribution in [0, 0.1) is 0 Å². The lowest BCUT2D eigenvalue weighted by atomic mass is 10.1. The second-order valence-corrected chi connectivity index (χ2v) is 4.15. The molecule has 0 rings (SSSR count). The topological polar surface area (TPSA) is 193 Å². The molecule has 0 fully saturated rings. The van der Waals surface area contributed by atoms with Gasteiger partial charge in [-0.25, -0.2) is 0 Å². The van der Waals surface area contributed by atoms with E-state index in [0.717, 1.165) is 0 Å². The molecule has 0 aliphatic rings. The third kappa shape index (κ3) is 14.4. The molecule has 0 saturated carbocycles. The molecule has 0 saturated heterocycles. The fraction of sp³-hybridized carbons (Fsp3) is 0.600. The quantitative estimate of drug-likeness (QED) is 0.240. The largest absolute Gasteiger partial charge is 0.480 e. The standard InChI is InChI=1S/C7H12N2O5.C3H7NO2S/c8-4(7(13)14)1-2-5(10)9-3-6(11)12;4-2(1-7)3(5)6/h4H,1-3,8H2,(H,9,10)(H,11,12)(H,13,14);2,7H,1,4H2,(H,5,6)/t4-;2-/m00/s1. The molecule has 0 unspecified atom stereocenters. The van der Waals surface area contributed by atoms with Gasteiger partial charge >= 0.3 is 17.9 Å². The van der Waals surface area contributed by atoms with Crippen molar-refractivity contribution in [3.8, 4) is 0 Å². The molecule has 2 atom stereocenters. The molecule has 0 spiro atoms. The van der Waals surface area contributed by atoms with E-state index in [9.17, 15) is 19.2 Å². The SMILES string of the molecule is N[C@@H](CCC(=O)NCC(=O)O)C(=O)O.N[C@@H](CS)C(=O)O. The van der Waals surface area contributed by atoms with Gasteiger partial charge in [-0.1, -0.05) is 0 Å². The van der Waals surface area contributed by atoms with E-state index < -0.39 is 42.4 Å². The van der Waals surface area contributed by atoms with Crippen molar-refractivity contribution >= 4 is 36.4 Å². The van der Waals surface area contributed by atoms with Gasteiger partial charge in [0.05, 0.1) is 0 Å². The van der Waals surface area contributed by atoms with Gasteiger partial charge in [-0.15, -0.1) is 0 Å². The molecule has 11 heteroatoms. The van der Waals surface area contributed by atoms with Crippen molar-refractivity contribution < 1.29 is 34.5 Å². The molecule has 10 nitrogen and oxygen atoms in total. The van der Waals surface area contributed by atoms with Crippen LogP contribution in [0.3, 0.4) is 0 Å². The zero-order valence-corrected chi connectivity index (χ0v) is 12.0. The van der Waals surface area contributed by atoms with Gasteiger partial charge < -0.3 is 32.1 Å². The number of rotatable bonds is 8. The van der Waals surface area contributed by atoms with Crippen LogP contribution in [-0.4, -0.2) is 63.5 Å². The number of carbonyl (C=O) groups is 4. The summed E-state index contributed by atoms with van der Waals surface area (Å²) in [5, 5.41) is 26.7. The van der Waals surface area contributed by atoms with Crippen molar-refractivity contribution in [2.24, 2.45) is 11.5 Å². The maximum Gasteiger partial charge on any atom is 0.322 e. The predicted molar refractivity (Wildman–Crippen MR) is 75.0 cm³/mol. The Balaban J connectivity index is 0. The first-order chi connectivity index (χ1) is 9.61. The minimum Gasteiger partial charge on any atom is -0.480 e. The maximum absolute atomic E-state index is 10.9. The van der Waals surface area contributed by atoms with Crippen LogP contribution < -0.4 is 16.8 Å². The first-order valence-electron chi connectivity index (χ1n) is 5.67. The highest BCUT2D eigenvalue weighted by atomic mass is 32.1. The molecule has 8 N–H and O–H groups in total. The van der Waals surface area contributed by atoms with Crippen LogP contribution >= 0.6 is 12.6 Å². The average molecular weight is 325 g/mol. The van der Waals surface area contributed by atoms with Crippen molar-refractivity contribution in [3.05, 3.63) is 0 Å². The summed E-state index contributed by atoms with van der Waals surface area (Å²) >= 11 is 3.65. The van der Waals surface area contributed by atoms with Gasteiger partial charge in [0.15, 0.2) is 0 Å². The van der Waals surface area contributed by atoms with E-state index in [1.807, 2.05) is 0 Å². The number of carboxylic acids is 3. The molecule has 0 radical (unpaired) electrons. The first kappa shape index (κ1) is 21.4. The van der Waals surface area contributed by atoms with E-state index in [-0.39, 0.29) is 18.6 Å². The van der Waals surface area contributed by atoms with Crippen molar-refractivity contribution in [1.82, 2.24) is 5.32 Å². The summed E-state index contributed by atoms with van der Waals surface area (Å²) in [5.41, 5.74) is 10.1. The summed E-state index contributed by atoms with van der Waals surface area (Å²) in [6.07, 6.45) is -0.110. The van der Waals surface area contributed by atoms with Gasteiger partial charge in [0, 0.05) is 12.2 Å². The van der Waals surface area contributed by atoms with Crippen LogP contribution in [0.1, 0.15) is 12.8 Å². The van der Waals surface area contributed by atoms with Crippen LogP contribution in [0.4, 0.5) is 0 Å². The van der Waals surface area contributed by atoms with Crippen LogP contribution in [-0.2, 0) is 19.2 Å². The molecule has 122 valence electrons. The zero-order valence-electron chi connectivity index (χ0n) is 11.1. The predicted octanol–water partition coefficient (Wildman–Crippen LogP) is -2.29. The Bertz CT molecular complexity index is 378. The van der Waals surface area contributed by atoms with Crippen molar-refractivity contribution in [2.75, 3.05) is 12.3 Å². The molecule has 0 heterocycles. The Morgan fingerprint density at radius 1 is 1.00 bits per heavy atom. The number of thiol groups is 1. The number of nitrogens with one attached hydrogen (secondary N) is 1. The summed E-state index contributed by atoms with van der Waals surface area (Å²) in [5.74, 6) is -3.67. The van der Waals surface area contributed by atoms with Crippen LogP contribution in [0.2, 0.25) is 0 Å². The Hall–Kier alpha value is -1.85. The fourth-order valence-electron chi connectivity index (χ4n) is 0.751. The van der Waals surface area contributed by atoms with Crippen LogP contribution in [0.5, 0.6) is 0 Å². The number of carbonyl (C=O) groups excluding carboxylic acids is 1. The average Bonchev–Trinajstić information content (AvgIpc) is 2.41. The summed E-state index contributed by atoms with van der Waals surface area (Å²) < 4.78 is 0. The number of carboxylic acid groups (broad SMARTS) is 3. The summed E-state index contributed by atoms with van der Waals surface area (Å²) in [6, 6.07) is -1.91. The van der Waals surface area contributed by atoms with Gasteiger partial charge in [-0.3, -0.25) is 19.2 Å². The van der Waals surface area contributed by atoms with Gasteiger partial charge in [-0.2, -0.15) is 12.6 Å². The monoisotopic (exact) mass is 325 g/mol. The smallest absolute Gasteiger partial charge is 0.322 e. The second kappa shape index (κ2) is 11.9. The van der Waals surface area contributed by atoms with Crippen LogP contribution in [0.25, 0.3) is 0 Å². The molecule has 1 amide bonds. The lowest BCUT2D eigenvalue weighted by molar-refractivity contribution is -0.140. The number of aliphatic carboxylic acids is 3. The van der Waals surface area contributed by atoms with Crippen molar-refractivity contribution in [2.45, 2.75) is 24.9 Å². The highest BCUT2D eigenvalue weighted by Crippen LogP contribution is 1.94. The normalized spacial score (nSPS) is 12.3. The second-order valence-electron chi connectivity index (χ2n) is 3.78. The van der Waals surface area contributed by atoms with E-state index in [4.69, 9.17) is 26.8 Å². The fourth-order valence-corrected chi connectivity index (χ4v) is 0.907. The van der Waals surface area contributed by atoms with E-state index in [0.29, 0.717) is 0 Å². The molecule has 0 aromatic carbocycles. The zero-order chi connectivity index (χ0) is 17.0. The number of hydrogen-bond acceptors (Lipinski definition) is 7. The third-order valence-electron chi connectivity index (χ3n) is 1.95. The minimum atomic E-state index is -1.18. The van der Waals surface area contributed by atoms with Gasteiger partial charge in [0.25, 0.3) is 0 Å². The minimum absolute atomic E-state index is 0.0131. The summed E-state index contributed by atoms with van der Waals surface area (Å²) in [7, 11) is 0. The Morgan fingerprint density at radius 3 is 1.76 bits per heavy atom. The summed E-state index contributed by atoms with van der Waals surface area (Å²) in [6.45, 7) is -0.471. The Labute approximate surface area is 125 Å². The Morgan fingerprint density at radius 2 is 1.48 bits per heavy atom. The molecule has 0 aliphatic carbocycles. The molecular weight excluding hydrogens is 306 g/mol. The molecule has 21 heavy (non-hydrogen) atoms. The molecule has 0 bridgehead atoms.